The van der Waals surface area contributed by atoms with Crippen LogP contribution in [0.4, 0.5) is 5.69 Å². The van der Waals surface area contributed by atoms with Gasteiger partial charge in [-0.2, -0.15) is 0 Å². The molecule has 3 rings (SSSR count). The number of hydrogen-bond donors (Lipinski definition) is 1. The molecule has 0 unspecified atom stereocenters. The second-order valence-electron chi connectivity index (χ2n) is 5.43. The first-order valence-electron chi connectivity index (χ1n) is 6.62. The summed E-state index contributed by atoms with van der Waals surface area (Å²) in [6.45, 7) is 0. The van der Waals surface area contributed by atoms with Crippen LogP contribution in [-0.4, -0.2) is 11.9 Å². The van der Waals surface area contributed by atoms with Gasteiger partial charge >= 0.3 is 0 Å². The Morgan fingerprint density at radius 1 is 1.14 bits per heavy atom. The van der Waals surface area contributed by atoms with Gasteiger partial charge in [0.05, 0.1) is 16.6 Å². The molecule has 1 fully saturated rings. The average molecular weight is 325 g/mol. The second kappa shape index (κ2) is 5.35. The van der Waals surface area contributed by atoms with E-state index >= 15 is 0 Å². The third-order valence-corrected chi connectivity index (χ3v) is 4.79. The molecule has 4 atom stereocenters. The molecule has 2 aliphatic rings. The Morgan fingerprint density at radius 2 is 1.81 bits per heavy atom. The van der Waals surface area contributed by atoms with Gasteiger partial charge in [0.2, 0.25) is 5.91 Å². The molecule has 0 aromatic heterocycles. The lowest BCUT2D eigenvalue weighted by molar-refractivity contribution is -0.313. The first-order valence-corrected chi connectivity index (χ1v) is 7.38. The number of carbonyl (C=O) groups excluding carboxylic acids is 2. The molecule has 0 heterocycles. The maximum absolute atomic E-state index is 12.4. The standard InChI is InChI=1S/C15H13Cl2NO3/c16-9-3-4-10(17)11(6-9)18-14(19)12-7-1-2-8(5-7)13(12)15(20)21/h1-4,6-8,12-13H,5H2,(H,18,19)(H,20,21)/p-1/t7-,8+,12-,13+/m1/s1. The number of hydrogen-bond acceptors (Lipinski definition) is 3. The minimum Gasteiger partial charge on any atom is -0.550 e. The number of aliphatic carboxylic acids is 1. The number of benzene rings is 1. The Labute approximate surface area is 131 Å². The largest absolute Gasteiger partial charge is 0.550 e. The summed E-state index contributed by atoms with van der Waals surface area (Å²) in [6.07, 6.45) is 4.45. The predicted octanol–water partition coefficient (Wildman–Crippen LogP) is 2.12. The lowest BCUT2D eigenvalue weighted by Crippen LogP contribution is -2.42. The maximum Gasteiger partial charge on any atom is 0.228 e. The molecule has 1 aromatic carbocycles. The Morgan fingerprint density at radius 3 is 2.48 bits per heavy atom. The number of fused-ring (bicyclic) bond motifs is 2. The van der Waals surface area contributed by atoms with E-state index in [-0.39, 0.29) is 17.7 Å². The SMILES string of the molecule is O=C([O-])[C@@H]1[C@H](C(=O)Nc2cc(Cl)ccc2Cl)[C@@H]2C=C[C@H]1C2. The van der Waals surface area contributed by atoms with E-state index in [1.54, 1.807) is 18.2 Å². The smallest absolute Gasteiger partial charge is 0.228 e. The van der Waals surface area contributed by atoms with Gasteiger partial charge in [0, 0.05) is 16.9 Å². The Bertz CT molecular complexity index is 644. The fourth-order valence-electron chi connectivity index (χ4n) is 3.31. The molecule has 21 heavy (non-hydrogen) atoms. The van der Waals surface area contributed by atoms with E-state index in [9.17, 15) is 14.7 Å². The van der Waals surface area contributed by atoms with E-state index < -0.39 is 17.8 Å². The number of carboxylic acids is 1. The molecular weight excluding hydrogens is 313 g/mol. The number of allylic oxidation sites excluding steroid dienone is 2. The van der Waals surface area contributed by atoms with E-state index in [2.05, 4.69) is 5.32 Å². The molecule has 0 spiro atoms. The van der Waals surface area contributed by atoms with Crippen LogP contribution < -0.4 is 10.4 Å². The van der Waals surface area contributed by atoms with Crippen molar-refractivity contribution in [2.75, 3.05) is 5.32 Å². The van der Waals surface area contributed by atoms with Gasteiger partial charge in [-0.15, -0.1) is 0 Å². The molecule has 0 aliphatic heterocycles. The topological polar surface area (TPSA) is 69.2 Å². The summed E-state index contributed by atoms with van der Waals surface area (Å²) in [5, 5.41) is 14.8. The van der Waals surface area contributed by atoms with E-state index in [1.165, 1.54) is 0 Å². The zero-order chi connectivity index (χ0) is 15.1. The summed E-state index contributed by atoms with van der Waals surface area (Å²) >= 11 is 11.9. The lowest BCUT2D eigenvalue weighted by atomic mass is 9.82. The van der Waals surface area contributed by atoms with E-state index in [0.717, 1.165) is 0 Å². The lowest BCUT2D eigenvalue weighted by Gasteiger charge is -2.28. The number of carboxylic acid groups (broad SMARTS) is 1. The highest BCUT2D eigenvalue weighted by molar-refractivity contribution is 6.35. The van der Waals surface area contributed by atoms with Crippen molar-refractivity contribution in [3.63, 3.8) is 0 Å². The number of anilines is 1. The van der Waals surface area contributed by atoms with Crippen molar-refractivity contribution >= 4 is 40.8 Å². The van der Waals surface area contributed by atoms with Gasteiger partial charge < -0.3 is 15.2 Å². The third-order valence-electron chi connectivity index (χ3n) is 4.22. The maximum atomic E-state index is 12.4. The summed E-state index contributed by atoms with van der Waals surface area (Å²) in [7, 11) is 0. The van der Waals surface area contributed by atoms with Gasteiger partial charge in [-0.05, 0) is 36.5 Å². The van der Waals surface area contributed by atoms with E-state index in [4.69, 9.17) is 23.2 Å². The van der Waals surface area contributed by atoms with Crippen molar-refractivity contribution in [2.45, 2.75) is 6.42 Å². The van der Waals surface area contributed by atoms with Crippen molar-refractivity contribution in [1.82, 2.24) is 0 Å². The number of rotatable bonds is 3. The van der Waals surface area contributed by atoms with Gasteiger partial charge in [0.1, 0.15) is 0 Å². The van der Waals surface area contributed by atoms with E-state index in [1.807, 2.05) is 12.2 Å². The molecule has 1 amide bonds. The van der Waals surface area contributed by atoms with Crippen LogP contribution >= 0.6 is 23.2 Å². The van der Waals surface area contributed by atoms with Gasteiger partial charge in [-0.1, -0.05) is 35.4 Å². The van der Waals surface area contributed by atoms with Crippen LogP contribution in [0.1, 0.15) is 6.42 Å². The van der Waals surface area contributed by atoms with Crippen molar-refractivity contribution < 1.29 is 14.7 Å². The normalized spacial score (nSPS) is 29.6. The molecule has 110 valence electrons. The minimum atomic E-state index is -1.18. The summed E-state index contributed by atoms with van der Waals surface area (Å²) in [6, 6.07) is 4.74. The van der Waals surface area contributed by atoms with Crippen LogP contribution in [0, 0.1) is 23.7 Å². The van der Waals surface area contributed by atoms with Crippen LogP contribution in [0.5, 0.6) is 0 Å². The van der Waals surface area contributed by atoms with Crippen LogP contribution in [0.2, 0.25) is 10.0 Å². The molecule has 4 nitrogen and oxygen atoms in total. The summed E-state index contributed by atoms with van der Waals surface area (Å²) < 4.78 is 0. The van der Waals surface area contributed by atoms with Crippen LogP contribution in [0.25, 0.3) is 0 Å². The zero-order valence-corrected chi connectivity index (χ0v) is 12.4. The van der Waals surface area contributed by atoms with Gasteiger partial charge in [-0.3, -0.25) is 4.79 Å². The number of nitrogens with one attached hydrogen (secondary N) is 1. The van der Waals surface area contributed by atoms with Crippen molar-refractivity contribution in [2.24, 2.45) is 23.7 Å². The number of halogens is 2. The quantitative estimate of drug-likeness (QED) is 0.866. The molecule has 6 heteroatoms. The first kappa shape index (κ1) is 14.4. The van der Waals surface area contributed by atoms with Crippen LogP contribution in [0.3, 0.4) is 0 Å². The van der Waals surface area contributed by atoms with Crippen molar-refractivity contribution in [3.8, 4) is 0 Å². The average Bonchev–Trinajstić information content (AvgIpc) is 3.03. The van der Waals surface area contributed by atoms with Gasteiger partial charge in [-0.25, -0.2) is 0 Å². The predicted molar refractivity (Wildman–Crippen MR) is 77.8 cm³/mol. The zero-order valence-electron chi connectivity index (χ0n) is 10.9. The number of carbonyl (C=O) groups is 2. The first-order chi connectivity index (χ1) is 9.97. The Hall–Kier alpha value is -1.52. The molecule has 0 saturated heterocycles. The highest BCUT2D eigenvalue weighted by Gasteiger charge is 2.48. The second-order valence-corrected chi connectivity index (χ2v) is 6.28. The fourth-order valence-corrected chi connectivity index (χ4v) is 3.65. The van der Waals surface area contributed by atoms with Crippen molar-refractivity contribution in [3.05, 3.63) is 40.4 Å². The molecular formula is C15H12Cl2NO3-. The van der Waals surface area contributed by atoms with Crippen LogP contribution in [0.15, 0.2) is 30.4 Å². The van der Waals surface area contributed by atoms with Crippen LogP contribution in [-0.2, 0) is 9.59 Å². The summed E-state index contributed by atoms with van der Waals surface area (Å²) in [5.41, 5.74) is 0.387. The molecule has 1 aromatic rings. The molecule has 2 bridgehead atoms. The monoisotopic (exact) mass is 324 g/mol. The molecule has 1 saturated carbocycles. The highest BCUT2D eigenvalue weighted by Crippen LogP contribution is 2.48. The van der Waals surface area contributed by atoms with E-state index in [0.29, 0.717) is 22.2 Å². The Kier molecular flexibility index (Phi) is 3.68. The van der Waals surface area contributed by atoms with Gasteiger partial charge in [0.15, 0.2) is 0 Å². The summed E-state index contributed by atoms with van der Waals surface area (Å²) in [4.78, 5) is 23.8. The Balaban J connectivity index is 1.83. The molecule has 2 aliphatic carbocycles. The molecule has 1 N–H and O–H groups in total. The third kappa shape index (κ3) is 2.54. The minimum absolute atomic E-state index is 0.0594. The summed E-state index contributed by atoms with van der Waals surface area (Å²) in [5.74, 6) is -3.12. The molecule has 0 radical (unpaired) electrons. The highest BCUT2D eigenvalue weighted by atomic mass is 35.5. The fraction of sp³-hybridized carbons (Fsp3) is 0.333. The van der Waals surface area contributed by atoms with Crippen molar-refractivity contribution in [1.29, 1.82) is 0 Å². The van der Waals surface area contributed by atoms with Gasteiger partial charge in [0.25, 0.3) is 0 Å². The number of amides is 1.